The van der Waals surface area contributed by atoms with Gasteiger partial charge in [-0.25, -0.2) is 0 Å². The molecule has 0 atom stereocenters. The molecule has 4 nitrogen and oxygen atoms in total. The average Bonchev–Trinajstić information content (AvgIpc) is 2.41. The van der Waals surface area contributed by atoms with Crippen molar-refractivity contribution in [2.45, 2.75) is 6.54 Å². The zero-order valence-corrected chi connectivity index (χ0v) is 11.6. The van der Waals surface area contributed by atoms with Crippen LogP contribution in [0.15, 0.2) is 42.5 Å². The molecule has 5 heteroatoms. The summed E-state index contributed by atoms with van der Waals surface area (Å²) in [7, 11) is 1.58. The molecule has 2 aromatic rings. The van der Waals surface area contributed by atoms with Gasteiger partial charge in [0.1, 0.15) is 17.1 Å². The second-order valence-corrected chi connectivity index (χ2v) is 4.83. The fourth-order valence-corrected chi connectivity index (χ4v) is 2.09. The molecule has 0 aliphatic rings. The van der Waals surface area contributed by atoms with Crippen molar-refractivity contribution in [3.05, 3.63) is 58.6 Å². The summed E-state index contributed by atoms with van der Waals surface area (Å²) in [4.78, 5) is 13.6. The van der Waals surface area contributed by atoms with Crippen molar-refractivity contribution in [3.8, 4) is 11.5 Å². The third-order valence-corrected chi connectivity index (χ3v) is 3.32. The molecule has 0 aliphatic heterocycles. The van der Waals surface area contributed by atoms with Crippen LogP contribution in [-0.2, 0) is 6.54 Å². The van der Waals surface area contributed by atoms with Crippen LogP contribution in [0.25, 0.3) is 0 Å². The number of halogens is 1. The summed E-state index contributed by atoms with van der Waals surface area (Å²) in [5, 5.41) is 20.0. The SMILES string of the molecule is CN(Cc1ccccc1Cl)C(=O)c1c(O)cccc1O. The minimum atomic E-state index is -0.472. The quantitative estimate of drug-likeness (QED) is 0.914. The highest BCUT2D eigenvalue weighted by Gasteiger charge is 2.20. The van der Waals surface area contributed by atoms with E-state index in [-0.39, 0.29) is 23.6 Å². The molecule has 1 amide bonds. The Morgan fingerprint density at radius 2 is 1.70 bits per heavy atom. The van der Waals surface area contributed by atoms with Gasteiger partial charge in [-0.2, -0.15) is 0 Å². The Balaban J connectivity index is 2.24. The second kappa shape index (κ2) is 5.84. The zero-order valence-electron chi connectivity index (χ0n) is 10.9. The minimum absolute atomic E-state index is 0.109. The van der Waals surface area contributed by atoms with Crippen molar-refractivity contribution in [3.63, 3.8) is 0 Å². The van der Waals surface area contributed by atoms with Gasteiger partial charge in [0, 0.05) is 18.6 Å². The van der Waals surface area contributed by atoms with E-state index in [0.29, 0.717) is 5.02 Å². The number of carbonyl (C=O) groups is 1. The first-order valence-corrected chi connectivity index (χ1v) is 6.38. The minimum Gasteiger partial charge on any atom is -0.507 e. The zero-order chi connectivity index (χ0) is 14.7. The first-order valence-electron chi connectivity index (χ1n) is 6.00. The van der Waals surface area contributed by atoms with Crippen molar-refractivity contribution in [2.75, 3.05) is 7.05 Å². The first-order chi connectivity index (χ1) is 9.50. The molecule has 0 fully saturated rings. The largest absolute Gasteiger partial charge is 0.507 e. The van der Waals surface area contributed by atoms with Crippen LogP contribution in [0.2, 0.25) is 5.02 Å². The third kappa shape index (κ3) is 2.86. The van der Waals surface area contributed by atoms with E-state index < -0.39 is 5.91 Å². The normalized spacial score (nSPS) is 10.3. The summed E-state index contributed by atoms with van der Waals surface area (Å²) in [6.07, 6.45) is 0. The number of phenolic OH excluding ortho intramolecular Hbond substituents is 2. The Kier molecular flexibility index (Phi) is 4.15. The molecule has 0 heterocycles. The number of nitrogens with zero attached hydrogens (tertiary/aromatic N) is 1. The van der Waals surface area contributed by atoms with Crippen LogP contribution in [0.3, 0.4) is 0 Å². The van der Waals surface area contributed by atoms with E-state index in [2.05, 4.69) is 0 Å². The van der Waals surface area contributed by atoms with Gasteiger partial charge < -0.3 is 15.1 Å². The number of benzene rings is 2. The lowest BCUT2D eigenvalue weighted by atomic mass is 10.1. The van der Waals surface area contributed by atoms with Crippen molar-refractivity contribution in [1.29, 1.82) is 0 Å². The lowest BCUT2D eigenvalue weighted by molar-refractivity contribution is 0.0779. The van der Waals surface area contributed by atoms with Gasteiger partial charge in [-0.15, -0.1) is 0 Å². The van der Waals surface area contributed by atoms with E-state index in [4.69, 9.17) is 11.6 Å². The lowest BCUT2D eigenvalue weighted by Crippen LogP contribution is -2.26. The highest BCUT2D eigenvalue weighted by Crippen LogP contribution is 2.28. The number of hydrogen-bond donors (Lipinski definition) is 2. The van der Waals surface area contributed by atoms with E-state index in [1.54, 1.807) is 13.1 Å². The third-order valence-electron chi connectivity index (χ3n) is 2.95. The summed E-state index contributed by atoms with van der Waals surface area (Å²) in [6, 6.07) is 11.4. The van der Waals surface area contributed by atoms with E-state index in [9.17, 15) is 15.0 Å². The Labute approximate surface area is 121 Å². The highest BCUT2D eigenvalue weighted by molar-refractivity contribution is 6.31. The maximum Gasteiger partial charge on any atom is 0.261 e. The predicted octanol–water partition coefficient (Wildman–Crippen LogP) is 3.02. The van der Waals surface area contributed by atoms with Crippen molar-refractivity contribution >= 4 is 17.5 Å². The maximum absolute atomic E-state index is 12.3. The Bertz CT molecular complexity index is 623. The van der Waals surface area contributed by atoms with Crippen molar-refractivity contribution in [2.24, 2.45) is 0 Å². The molecular formula is C15H14ClNO3. The highest BCUT2D eigenvalue weighted by atomic mass is 35.5. The summed E-state index contributed by atoms with van der Waals surface area (Å²) < 4.78 is 0. The van der Waals surface area contributed by atoms with E-state index >= 15 is 0 Å². The summed E-state index contributed by atoms with van der Waals surface area (Å²) in [5.74, 6) is -0.970. The smallest absolute Gasteiger partial charge is 0.261 e. The molecule has 0 spiro atoms. The number of aromatic hydroxyl groups is 2. The van der Waals surface area contributed by atoms with E-state index in [1.807, 2.05) is 18.2 Å². The molecule has 0 saturated carbocycles. The molecule has 0 saturated heterocycles. The van der Waals surface area contributed by atoms with Gasteiger partial charge in [0.25, 0.3) is 5.91 Å². The maximum atomic E-state index is 12.3. The van der Waals surface area contributed by atoms with E-state index in [1.165, 1.54) is 23.1 Å². The summed E-state index contributed by atoms with van der Waals surface area (Å²) >= 11 is 6.04. The average molecular weight is 292 g/mol. The fraction of sp³-hybridized carbons (Fsp3) is 0.133. The molecular weight excluding hydrogens is 278 g/mol. The van der Waals surface area contributed by atoms with Crippen molar-refractivity contribution in [1.82, 2.24) is 4.90 Å². The molecule has 0 unspecified atom stereocenters. The van der Waals surface area contributed by atoms with Gasteiger partial charge in [0.2, 0.25) is 0 Å². The van der Waals surface area contributed by atoms with Gasteiger partial charge >= 0.3 is 0 Å². The molecule has 20 heavy (non-hydrogen) atoms. The number of rotatable bonds is 3. The van der Waals surface area contributed by atoms with Gasteiger partial charge in [-0.05, 0) is 23.8 Å². The molecule has 0 aliphatic carbocycles. The molecule has 2 rings (SSSR count). The van der Waals surface area contributed by atoms with Crippen molar-refractivity contribution < 1.29 is 15.0 Å². The number of amides is 1. The number of carbonyl (C=O) groups excluding carboxylic acids is 1. The number of hydrogen-bond acceptors (Lipinski definition) is 3. The monoisotopic (exact) mass is 291 g/mol. The summed E-state index contributed by atoms with van der Waals surface area (Å²) in [6.45, 7) is 0.284. The standard InChI is InChI=1S/C15H14ClNO3/c1-17(9-10-5-2-3-6-11(10)16)15(20)14-12(18)7-4-8-13(14)19/h2-8,18-19H,9H2,1H3. The predicted molar refractivity (Wildman–Crippen MR) is 77.0 cm³/mol. The topological polar surface area (TPSA) is 60.8 Å². The van der Waals surface area contributed by atoms with Crippen LogP contribution in [0, 0.1) is 0 Å². The second-order valence-electron chi connectivity index (χ2n) is 4.42. The Morgan fingerprint density at radius 3 is 2.30 bits per heavy atom. The van der Waals surface area contributed by atoms with Crippen LogP contribution in [0.4, 0.5) is 0 Å². The van der Waals surface area contributed by atoms with Gasteiger partial charge in [0.15, 0.2) is 0 Å². The molecule has 0 aromatic heterocycles. The molecule has 2 N–H and O–H groups in total. The van der Waals surface area contributed by atoms with Crippen LogP contribution in [0.1, 0.15) is 15.9 Å². The number of phenols is 2. The van der Waals surface area contributed by atoms with Crippen LogP contribution in [-0.4, -0.2) is 28.1 Å². The van der Waals surface area contributed by atoms with Crippen LogP contribution < -0.4 is 0 Å². The van der Waals surface area contributed by atoms with Crippen LogP contribution >= 0.6 is 11.6 Å². The Morgan fingerprint density at radius 1 is 1.10 bits per heavy atom. The fourth-order valence-electron chi connectivity index (χ4n) is 1.89. The Hall–Kier alpha value is -2.20. The van der Waals surface area contributed by atoms with Gasteiger partial charge in [-0.3, -0.25) is 4.79 Å². The molecule has 0 radical (unpaired) electrons. The molecule has 104 valence electrons. The summed E-state index contributed by atoms with van der Waals surface area (Å²) in [5.41, 5.74) is 0.682. The van der Waals surface area contributed by atoms with E-state index in [0.717, 1.165) is 5.56 Å². The first kappa shape index (κ1) is 14.2. The molecule has 2 aromatic carbocycles. The van der Waals surface area contributed by atoms with Gasteiger partial charge in [0.05, 0.1) is 0 Å². The van der Waals surface area contributed by atoms with Crippen LogP contribution in [0.5, 0.6) is 11.5 Å². The molecule has 0 bridgehead atoms. The lowest BCUT2D eigenvalue weighted by Gasteiger charge is -2.19. The van der Waals surface area contributed by atoms with Gasteiger partial charge in [-0.1, -0.05) is 35.9 Å².